The van der Waals surface area contributed by atoms with E-state index in [1.807, 2.05) is 30.3 Å². The summed E-state index contributed by atoms with van der Waals surface area (Å²) in [6, 6.07) is 15.5. The van der Waals surface area contributed by atoms with Crippen molar-refractivity contribution in [3.63, 3.8) is 0 Å². The number of halogens is 1. The van der Waals surface area contributed by atoms with Crippen LogP contribution in [0.3, 0.4) is 0 Å². The monoisotopic (exact) mass is 478 g/mol. The van der Waals surface area contributed by atoms with E-state index in [1.54, 1.807) is 19.2 Å². The third kappa shape index (κ3) is 5.08. The molecule has 0 aliphatic carbocycles. The lowest BCUT2D eigenvalue weighted by atomic mass is 10.2. The molecule has 152 valence electrons. The fourth-order valence-corrected chi connectivity index (χ4v) is 3.88. The zero-order valence-corrected chi connectivity index (χ0v) is 18.2. The second-order valence-corrected chi connectivity index (χ2v) is 9.30. The van der Waals surface area contributed by atoms with Crippen molar-refractivity contribution in [1.29, 1.82) is 0 Å². The molecular formula is C19H19BrN4O4S. The van der Waals surface area contributed by atoms with Crippen molar-refractivity contribution in [3.05, 3.63) is 65.0 Å². The molecule has 0 fully saturated rings. The standard InChI is InChI=1S/C19H19BrN4O4S/c1-23(12-17-21-19(22-28-17)14-6-4-3-5-7-14)18(25)13-24(2)29(26,27)16-10-8-15(20)9-11-16/h3-11H,12-13H2,1-2H3. The fraction of sp³-hybridized carbons (Fsp3) is 0.211. The summed E-state index contributed by atoms with van der Waals surface area (Å²) in [6.07, 6.45) is 0. The van der Waals surface area contributed by atoms with Gasteiger partial charge in [0.2, 0.25) is 27.6 Å². The third-order valence-corrected chi connectivity index (χ3v) is 6.52. The molecule has 2 aromatic carbocycles. The van der Waals surface area contributed by atoms with Gasteiger partial charge in [-0.2, -0.15) is 9.29 Å². The minimum atomic E-state index is -3.78. The highest BCUT2D eigenvalue weighted by Gasteiger charge is 2.25. The van der Waals surface area contributed by atoms with Gasteiger partial charge < -0.3 is 9.42 Å². The Morgan fingerprint density at radius 1 is 1.07 bits per heavy atom. The maximum absolute atomic E-state index is 12.6. The minimum absolute atomic E-state index is 0.0742. The van der Waals surface area contributed by atoms with Crippen LogP contribution in [-0.4, -0.2) is 54.3 Å². The lowest BCUT2D eigenvalue weighted by Crippen LogP contribution is -2.39. The molecule has 0 spiro atoms. The summed E-state index contributed by atoms with van der Waals surface area (Å²) in [4.78, 5) is 18.2. The van der Waals surface area contributed by atoms with Crippen molar-refractivity contribution >= 4 is 31.9 Å². The van der Waals surface area contributed by atoms with Crippen LogP contribution in [0.1, 0.15) is 5.89 Å². The number of hydrogen-bond acceptors (Lipinski definition) is 6. The predicted octanol–water partition coefficient (Wildman–Crippen LogP) is 2.78. The second-order valence-electron chi connectivity index (χ2n) is 6.34. The first-order valence-corrected chi connectivity index (χ1v) is 10.8. The van der Waals surface area contributed by atoms with Crippen molar-refractivity contribution in [2.45, 2.75) is 11.4 Å². The molecule has 3 rings (SSSR count). The number of likely N-dealkylation sites (N-methyl/N-ethyl adjacent to an activating group) is 2. The molecule has 0 saturated carbocycles. The van der Waals surface area contributed by atoms with Gasteiger partial charge in [0, 0.05) is 24.1 Å². The first-order chi connectivity index (χ1) is 13.8. The quantitative estimate of drug-likeness (QED) is 0.517. The SMILES string of the molecule is CN(Cc1nc(-c2ccccc2)no1)C(=O)CN(C)S(=O)(=O)c1ccc(Br)cc1. The van der Waals surface area contributed by atoms with Gasteiger partial charge in [0.1, 0.15) is 0 Å². The van der Waals surface area contributed by atoms with Gasteiger partial charge in [-0.1, -0.05) is 51.4 Å². The van der Waals surface area contributed by atoms with E-state index in [9.17, 15) is 13.2 Å². The normalized spacial score (nSPS) is 11.6. The van der Waals surface area contributed by atoms with Gasteiger partial charge in [-0.3, -0.25) is 4.79 Å². The van der Waals surface area contributed by atoms with Gasteiger partial charge in [0.25, 0.3) is 0 Å². The van der Waals surface area contributed by atoms with Crippen molar-refractivity contribution in [2.24, 2.45) is 0 Å². The summed E-state index contributed by atoms with van der Waals surface area (Å²) < 4.78 is 32.2. The molecule has 1 aromatic heterocycles. The maximum Gasteiger partial charge on any atom is 0.246 e. The lowest BCUT2D eigenvalue weighted by Gasteiger charge is -2.20. The van der Waals surface area contributed by atoms with Crippen LogP contribution in [0.4, 0.5) is 0 Å². The maximum atomic E-state index is 12.6. The van der Waals surface area contributed by atoms with Crippen LogP contribution < -0.4 is 0 Å². The molecule has 0 unspecified atom stereocenters. The van der Waals surface area contributed by atoms with Gasteiger partial charge in [-0.25, -0.2) is 8.42 Å². The summed E-state index contributed by atoms with van der Waals surface area (Å²) in [5.41, 5.74) is 0.803. The Balaban J connectivity index is 1.63. The van der Waals surface area contributed by atoms with Crippen LogP contribution in [0.2, 0.25) is 0 Å². The third-order valence-electron chi connectivity index (χ3n) is 4.18. The number of amides is 1. The van der Waals surface area contributed by atoms with E-state index in [1.165, 1.54) is 24.1 Å². The molecule has 0 aliphatic rings. The summed E-state index contributed by atoms with van der Waals surface area (Å²) in [5.74, 6) is 0.294. The number of carbonyl (C=O) groups excluding carboxylic acids is 1. The number of sulfonamides is 1. The number of nitrogens with zero attached hydrogens (tertiary/aromatic N) is 4. The molecule has 0 N–H and O–H groups in total. The molecule has 29 heavy (non-hydrogen) atoms. The zero-order valence-electron chi connectivity index (χ0n) is 15.8. The second kappa shape index (κ2) is 8.85. The Bertz CT molecular complexity index is 1080. The van der Waals surface area contributed by atoms with Crippen molar-refractivity contribution < 1.29 is 17.7 Å². The van der Waals surface area contributed by atoms with E-state index in [-0.39, 0.29) is 23.9 Å². The summed E-state index contributed by atoms with van der Waals surface area (Å²) in [5, 5.41) is 3.91. The highest BCUT2D eigenvalue weighted by Crippen LogP contribution is 2.18. The molecule has 10 heteroatoms. The van der Waals surface area contributed by atoms with Crippen LogP contribution in [-0.2, 0) is 21.4 Å². The van der Waals surface area contributed by atoms with Gasteiger partial charge in [0.15, 0.2) is 0 Å². The number of aromatic nitrogens is 2. The fourth-order valence-electron chi connectivity index (χ4n) is 2.50. The Kier molecular flexibility index (Phi) is 6.46. The first kappa shape index (κ1) is 21.2. The number of rotatable bonds is 7. The van der Waals surface area contributed by atoms with Gasteiger partial charge in [-0.05, 0) is 24.3 Å². The average molecular weight is 479 g/mol. The van der Waals surface area contributed by atoms with Crippen molar-refractivity contribution in [3.8, 4) is 11.4 Å². The van der Waals surface area contributed by atoms with Crippen LogP contribution in [0.5, 0.6) is 0 Å². The Morgan fingerprint density at radius 3 is 2.38 bits per heavy atom. The van der Waals surface area contributed by atoms with Crippen LogP contribution >= 0.6 is 15.9 Å². The van der Waals surface area contributed by atoms with E-state index in [2.05, 4.69) is 26.1 Å². The number of carbonyl (C=O) groups is 1. The van der Waals surface area contributed by atoms with Crippen molar-refractivity contribution in [1.82, 2.24) is 19.3 Å². The van der Waals surface area contributed by atoms with Crippen molar-refractivity contribution in [2.75, 3.05) is 20.6 Å². The van der Waals surface area contributed by atoms with Crippen LogP contribution in [0, 0.1) is 0 Å². The minimum Gasteiger partial charge on any atom is -0.337 e. The average Bonchev–Trinajstić information content (AvgIpc) is 3.17. The van der Waals surface area contributed by atoms with Crippen LogP contribution in [0.15, 0.2) is 68.5 Å². The lowest BCUT2D eigenvalue weighted by molar-refractivity contribution is -0.130. The van der Waals surface area contributed by atoms with E-state index >= 15 is 0 Å². The molecule has 1 amide bonds. The zero-order chi connectivity index (χ0) is 21.0. The predicted molar refractivity (Wildman–Crippen MR) is 110 cm³/mol. The van der Waals surface area contributed by atoms with E-state index in [0.29, 0.717) is 5.82 Å². The summed E-state index contributed by atoms with van der Waals surface area (Å²) in [6.45, 7) is -0.237. The highest BCUT2D eigenvalue weighted by molar-refractivity contribution is 9.10. The molecule has 0 aliphatic heterocycles. The molecule has 0 saturated heterocycles. The molecule has 3 aromatic rings. The highest BCUT2D eigenvalue weighted by atomic mass is 79.9. The number of hydrogen-bond donors (Lipinski definition) is 0. The largest absolute Gasteiger partial charge is 0.337 e. The summed E-state index contributed by atoms with van der Waals surface area (Å²) >= 11 is 3.27. The molecule has 0 radical (unpaired) electrons. The molecule has 1 heterocycles. The molecule has 8 nitrogen and oxygen atoms in total. The molecule has 0 bridgehead atoms. The van der Waals surface area contributed by atoms with E-state index < -0.39 is 15.9 Å². The van der Waals surface area contributed by atoms with E-state index in [4.69, 9.17) is 4.52 Å². The van der Waals surface area contributed by atoms with Gasteiger partial charge in [-0.15, -0.1) is 0 Å². The Morgan fingerprint density at radius 2 is 1.72 bits per heavy atom. The first-order valence-electron chi connectivity index (χ1n) is 8.61. The Hall–Kier alpha value is -2.56. The smallest absolute Gasteiger partial charge is 0.246 e. The Labute approximate surface area is 177 Å². The van der Waals surface area contributed by atoms with Gasteiger partial charge in [0.05, 0.1) is 18.0 Å². The molecular weight excluding hydrogens is 460 g/mol. The number of benzene rings is 2. The summed E-state index contributed by atoms with van der Waals surface area (Å²) in [7, 11) is -0.861. The van der Waals surface area contributed by atoms with Gasteiger partial charge >= 0.3 is 0 Å². The molecule has 0 atom stereocenters. The van der Waals surface area contributed by atoms with E-state index in [0.717, 1.165) is 14.3 Å². The van der Waals surface area contributed by atoms with Crippen LogP contribution in [0.25, 0.3) is 11.4 Å². The topological polar surface area (TPSA) is 96.6 Å².